The molecule has 0 aromatic rings. The number of carbonyl (C=O) groups is 3. The molecule has 1 atom stereocenters. The van der Waals surface area contributed by atoms with Crippen molar-refractivity contribution < 1.29 is 25.2 Å². The first-order chi connectivity index (χ1) is 6.50. The van der Waals surface area contributed by atoms with Gasteiger partial charge in [0.15, 0.2) is 6.04 Å². The third-order valence-electron chi connectivity index (χ3n) is 1.84. The molecule has 0 saturated carbocycles. The highest BCUT2D eigenvalue weighted by Crippen LogP contribution is 2.10. The summed E-state index contributed by atoms with van der Waals surface area (Å²) in [5.74, 6) is -2.21. The molecule has 74 valence electrons. The predicted molar refractivity (Wildman–Crippen MR) is 46.2 cm³/mol. The van der Waals surface area contributed by atoms with Crippen molar-refractivity contribution >= 4 is 17.5 Å². The van der Waals surface area contributed by atoms with Gasteiger partial charge in [-0.15, -0.1) is 0 Å². The van der Waals surface area contributed by atoms with Crippen LogP contribution >= 0.6 is 0 Å². The highest BCUT2D eigenvalue weighted by atomic mass is 16.4. The summed E-state index contributed by atoms with van der Waals surface area (Å²) in [6, 6.07) is -0.799. The van der Waals surface area contributed by atoms with Crippen LogP contribution in [0.15, 0.2) is 23.8 Å². The van der Waals surface area contributed by atoms with E-state index in [1.54, 1.807) is 0 Å². The van der Waals surface area contributed by atoms with E-state index in [4.69, 9.17) is 5.11 Å². The molecule has 5 nitrogen and oxygen atoms in total. The third-order valence-corrected chi connectivity index (χ3v) is 1.84. The SMILES string of the molecule is [NH3+]C(CC1=CC(=O)C(=O)C=C1)C(=O)O. The summed E-state index contributed by atoms with van der Waals surface area (Å²) in [5, 5.41) is 8.56. The van der Waals surface area contributed by atoms with Gasteiger partial charge in [-0.25, -0.2) is 4.79 Å². The van der Waals surface area contributed by atoms with E-state index in [2.05, 4.69) is 5.73 Å². The van der Waals surface area contributed by atoms with Crippen LogP contribution in [0.2, 0.25) is 0 Å². The zero-order chi connectivity index (χ0) is 10.7. The molecule has 0 aliphatic heterocycles. The lowest BCUT2D eigenvalue weighted by molar-refractivity contribution is -0.406. The summed E-state index contributed by atoms with van der Waals surface area (Å²) >= 11 is 0. The van der Waals surface area contributed by atoms with Gasteiger partial charge < -0.3 is 10.8 Å². The van der Waals surface area contributed by atoms with Crippen LogP contribution in [0.4, 0.5) is 0 Å². The van der Waals surface area contributed by atoms with Gasteiger partial charge in [0.1, 0.15) is 0 Å². The van der Waals surface area contributed by atoms with Crippen molar-refractivity contribution in [3.63, 3.8) is 0 Å². The molecule has 1 aliphatic rings. The summed E-state index contributed by atoms with van der Waals surface area (Å²) in [6.45, 7) is 0. The van der Waals surface area contributed by atoms with E-state index in [1.807, 2.05) is 0 Å². The number of quaternary nitrogens is 1. The molecule has 1 rings (SSSR count). The average molecular weight is 196 g/mol. The van der Waals surface area contributed by atoms with Crippen LogP contribution in [-0.4, -0.2) is 28.7 Å². The fourth-order valence-electron chi connectivity index (χ4n) is 1.05. The minimum atomic E-state index is -1.02. The molecule has 0 aromatic carbocycles. The van der Waals surface area contributed by atoms with Crippen LogP contribution in [0.3, 0.4) is 0 Å². The molecule has 0 amide bonds. The quantitative estimate of drug-likeness (QED) is 0.433. The van der Waals surface area contributed by atoms with Gasteiger partial charge in [0.2, 0.25) is 11.6 Å². The topological polar surface area (TPSA) is 99.1 Å². The Balaban J connectivity index is 2.68. The van der Waals surface area contributed by atoms with Crippen LogP contribution in [0, 0.1) is 0 Å². The number of carboxylic acids is 1. The standard InChI is InChI=1S/C9H9NO4/c10-6(9(13)14)3-5-1-2-7(11)8(12)4-5/h1-2,4,6H,3,10H2,(H,13,14)/p+1. The van der Waals surface area contributed by atoms with Crippen LogP contribution in [0.5, 0.6) is 0 Å². The van der Waals surface area contributed by atoms with Gasteiger partial charge >= 0.3 is 5.97 Å². The zero-order valence-corrected chi connectivity index (χ0v) is 7.40. The Morgan fingerprint density at radius 3 is 2.50 bits per heavy atom. The molecule has 0 bridgehead atoms. The molecule has 0 aromatic heterocycles. The number of carboxylic acid groups (broad SMARTS) is 1. The molecular formula is C9H10NO4+. The van der Waals surface area contributed by atoms with E-state index in [1.165, 1.54) is 6.08 Å². The highest BCUT2D eigenvalue weighted by Gasteiger charge is 2.20. The second-order valence-electron chi connectivity index (χ2n) is 3.02. The first-order valence-corrected chi connectivity index (χ1v) is 4.03. The minimum Gasteiger partial charge on any atom is -0.477 e. The molecule has 0 fully saturated rings. The number of carbonyl (C=O) groups excluding carboxylic acids is 2. The first kappa shape index (κ1) is 10.3. The first-order valence-electron chi connectivity index (χ1n) is 4.03. The maximum absolute atomic E-state index is 10.9. The summed E-state index contributed by atoms with van der Waals surface area (Å²) in [6.07, 6.45) is 3.91. The largest absolute Gasteiger partial charge is 0.477 e. The van der Waals surface area contributed by atoms with E-state index >= 15 is 0 Å². The van der Waals surface area contributed by atoms with Gasteiger partial charge in [0, 0.05) is 6.42 Å². The number of hydrogen-bond acceptors (Lipinski definition) is 3. The van der Waals surface area contributed by atoms with E-state index in [0.717, 1.165) is 12.2 Å². The smallest absolute Gasteiger partial charge is 0.362 e. The average Bonchev–Trinajstić information content (AvgIpc) is 2.11. The molecule has 5 heteroatoms. The van der Waals surface area contributed by atoms with E-state index in [0.29, 0.717) is 5.57 Å². The van der Waals surface area contributed by atoms with Crippen molar-refractivity contribution in [3.8, 4) is 0 Å². The molecule has 4 N–H and O–H groups in total. The van der Waals surface area contributed by atoms with Crippen molar-refractivity contribution in [2.24, 2.45) is 0 Å². The summed E-state index contributed by atoms with van der Waals surface area (Å²) in [5.41, 5.74) is 3.93. The van der Waals surface area contributed by atoms with Gasteiger partial charge in [0.25, 0.3) is 0 Å². The minimum absolute atomic E-state index is 0.158. The zero-order valence-electron chi connectivity index (χ0n) is 7.40. The van der Waals surface area contributed by atoms with Crippen LogP contribution in [-0.2, 0) is 14.4 Å². The maximum atomic E-state index is 10.9. The molecule has 0 radical (unpaired) electrons. The fraction of sp³-hybridized carbons (Fsp3) is 0.222. The normalized spacial score (nSPS) is 17.9. The van der Waals surface area contributed by atoms with Gasteiger partial charge in [-0.1, -0.05) is 6.08 Å². The van der Waals surface area contributed by atoms with Crippen molar-refractivity contribution in [2.45, 2.75) is 12.5 Å². The Labute approximate surface area is 79.9 Å². The van der Waals surface area contributed by atoms with Crippen LogP contribution in [0.1, 0.15) is 6.42 Å². The van der Waals surface area contributed by atoms with Crippen molar-refractivity contribution in [2.75, 3.05) is 0 Å². The number of hydrogen-bond donors (Lipinski definition) is 2. The van der Waals surface area contributed by atoms with Crippen molar-refractivity contribution in [1.82, 2.24) is 0 Å². The van der Waals surface area contributed by atoms with Crippen molar-refractivity contribution in [1.29, 1.82) is 0 Å². The molecule has 0 heterocycles. The van der Waals surface area contributed by atoms with Crippen molar-refractivity contribution in [3.05, 3.63) is 23.8 Å². The lowest BCUT2D eigenvalue weighted by Crippen LogP contribution is -2.65. The highest BCUT2D eigenvalue weighted by molar-refractivity contribution is 6.46. The summed E-state index contributed by atoms with van der Waals surface area (Å²) in [4.78, 5) is 32.1. The number of allylic oxidation sites excluding steroid dienone is 3. The van der Waals surface area contributed by atoms with Crippen LogP contribution < -0.4 is 5.73 Å². The van der Waals surface area contributed by atoms with E-state index in [9.17, 15) is 14.4 Å². The van der Waals surface area contributed by atoms with Gasteiger partial charge in [-0.05, 0) is 17.7 Å². The second-order valence-corrected chi connectivity index (χ2v) is 3.02. The monoisotopic (exact) mass is 196 g/mol. The third kappa shape index (κ3) is 2.37. The lowest BCUT2D eigenvalue weighted by atomic mass is 9.99. The molecule has 0 spiro atoms. The number of aliphatic carboxylic acids is 1. The molecule has 14 heavy (non-hydrogen) atoms. The van der Waals surface area contributed by atoms with Gasteiger partial charge in [-0.3, -0.25) is 9.59 Å². The predicted octanol–water partition coefficient (Wildman–Crippen LogP) is -1.29. The molecule has 1 aliphatic carbocycles. The van der Waals surface area contributed by atoms with Gasteiger partial charge in [-0.2, -0.15) is 0 Å². The fourth-order valence-corrected chi connectivity index (χ4v) is 1.05. The van der Waals surface area contributed by atoms with E-state index in [-0.39, 0.29) is 6.42 Å². The maximum Gasteiger partial charge on any atom is 0.362 e. The Kier molecular flexibility index (Phi) is 2.93. The molecule has 0 saturated heterocycles. The molecular weight excluding hydrogens is 186 g/mol. The second kappa shape index (κ2) is 3.97. The number of ketones is 2. The number of rotatable bonds is 3. The van der Waals surface area contributed by atoms with E-state index < -0.39 is 23.6 Å². The van der Waals surface area contributed by atoms with Crippen LogP contribution in [0.25, 0.3) is 0 Å². The Morgan fingerprint density at radius 2 is 2.00 bits per heavy atom. The van der Waals surface area contributed by atoms with Gasteiger partial charge in [0.05, 0.1) is 0 Å². The Hall–Kier alpha value is -1.75. The summed E-state index contributed by atoms with van der Waals surface area (Å²) in [7, 11) is 0. The Bertz CT molecular complexity index is 354. The lowest BCUT2D eigenvalue weighted by Gasteiger charge is -2.06. The Morgan fingerprint density at radius 1 is 1.36 bits per heavy atom. The summed E-state index contributed by atoms with van der Waals surface area (Å²) < 4.78 is 0. The molecule has 1 unspecified atom stereocenters.